The Hall–Kier alpha value is -2.92. The Kier molecular flexibility index (Phi) is 3.63. The highest BCUT2D eigenvalue weighted by molar-refractivity contribution is 7.19. The van der Waals surface area contributed by atoms with Gasteiger partial charge in [-0.1, -0.05) is 23.5 Å². The Balaban J connectivity index is 1.48. The van der Waals surface area contributed by atoms with E-state index in [4.69, 9.17) is 5.26 Å². The highest BCUT2D eigenvalue weighted by atomic mass is 32.1. The van der Waals surface area contributed by atoms with Crippen LogP contribution in [0.1, 0.15) is 6.42 Å². The fraction of sp³-hybridized carbons (Fsp3) is 0.250. The molecule has 1 aromatic carbocycles. The monoisotopic (exact) mass is 338 g/mol. The van der Waals surface area contributed by atoms with E-state index in [1.165, 1.54) is 11.3 Å². The molecule has 3 heterocycles. The van der Waals surface area contributed by atoms with Crippen LogP contribution in [0.2, 0.25) is 0 Å². The highest BCUT2D eigenvalue weighted by Crippen LogP contribution is 2.31. The second kappa shape index (κ2) is 5.94. The molecule has 4 rings (SSSR count). The molecule has 0 radical (unpaired) electrons. The van der Waals surface area contributed by atoms with E-state index in [2.05, 4.69) is 26.7 Å². The van der Waals surface area contributed by atoms with E-state index in [0.717, 1.165) is 21.3 Å². The van der Waals surface area contributed by atoms with Gasteiger partial charge in [0.25, 0.3) is 0 Å². The van der Waals surface area contributed by atoms with Crippen molar-refractivity contribution in [1.29, 1.82) is 5.26 Å². The topological polar surface area (TPSA) is 97.7 Å². The number of H-pyrrole nitrogens is 1. The third kappa shape index (κ3) is 2.70. The number of amides is 1. The van der Waals surface area contributed by atoms with E-state index in [-0.39, 0.29) is 11.8 Å². The third-order valence-corrected chi connectivity index (χ3v) is 5.12. The average molecular weight is 338 g/mol. The molecule has 1 amide bonds. The quantitative estimate of drug-likeness (QED) is 0.715. The number of thiazole rings is 1. The molecular weight excluding hydrogens is 324 g/mol. The number of anilines is 1. The number of carbonyl (C=O) groups excluding carboxylic acids is 1. The number of fused-ring (bicyclic) bond motifs is 1. The number of nitriles is 1. The van der Waals surface area contributed by atoms with E-state index < -0.39 is 0 Å². The standard InChI is InChI=1S/C16H14N6OS/c17-9-22-4-3-12(8-22)15(23)20-16-18-7-14(24-16)10-1-2-11-6-19-21-13(11)5-10/h1-2,5-7,12H,3-4,8H2,(H,19,21)(H,18,20,23)/t12-/m0/s1. The molecule has 0 aliphatic carbocycles. The molecule has 0 unspecified atom stereocenters. The van der Waals surface area contributed by atoms with Crippen molar-refractivity contribution in [3.63, 3.8) is 0 Å². The lowest BCUT2D eigenvalue weighted by Gasteiger charge is -2.08. The Morgan fingerprint density at radius 3 is 3.21 bits per heavy atom. The van der Waals surface area contributed by atoms with Crippen molar-refractivity contribution in [1.82, 2.24) is 20.1 Å². The molecule has 0 bridgehead atoms. The van der Waals surface area contributed by atoms with E-state index in [9.17, 15) is 4.79 Å². The first-order valence-corrected chi connectivity index (χ1v) is 8.39. The second-order valence-corrected chi connectivity index (χ2v) is 6.75. The molecule has 120 valence electrons. The predicted octanol–water partition coefficient (Wildman–Crippen LogP) is 2.43. The van der Waals surface area contributed by atoms with Gasteiger partial charge in [-0.2, -0.15) is 10.4 Å². The summed E-state index contributed by atoms with van der Waals surface area (Å²) in [7, 11) is 0. The largest absolute Gasteiger partial charge is 0.310 e. The number of aromatic amines is 1. The van der Waals surface area contributed by atoms with Crippen molar-refractivity contribution < 1.29 is 4.79 Å². The molecule has 1 atom stereocenters. The first kappa shape index (κ1) is 14.7. The molecule has 1 aliphatic heterocycles. The number of benzene rings is 1. The van der Waals surface area contributed by atoms with Crippen molar-refractivity contribution >= 4 is 33.3 Å². The zero-order valence-corrected chi connectivity index (χ0v) is 13.5. The maximum absolute atomic E-state index is 12.3. The Bertz CT molecular complexity index is 939. The van der Waals surface area contributed by atoms with E-state index in [0.29, 0.717) is 24.6 Å². The molecule has 7 nitrogen and oxygen atoms in total. The molecule has 8 heteroatoms. The third-order valence-electron chi connectivity index (χ3n) is 4.16. The summed E-state index contributed by atoms with van der Waals surface area (Å²) in [5.41, 5.74) is 2.00. The summed E-state index contributed by atoms with van der Waals surface area (Å²) in [5, 5.41) is 20.3. The maximum atomic E-state index is 12.3. The molecule has 1 saturated heterocycles. The molecule has 0 saturated carbocycles. The summed E-state index contributed by atoms with van der Waals surface area (Å²) in [6.07, 6.45) is 6.32. The Labute approximate surface area is 141 Å². The smallest absolute Gasteiger partial charge is 0.231 e. The van der Waals surface area contributed by atoms with Crippen molar-refractivity contribution in [3.05, 3.63) is 30.6 Å². The lowest BCUT2D eigenvalue weighted by Crippen LogP contribution is -2.25. The van der Waals surface area contributed by atoms with E-state index >= 15 is 0 Å². The first-order chi connectivity index (χ1) is 11.7. The summed E-state index contributed by atoms with van der Waals surface area (Å²) in [6, 6.07) is 6.03. The fourth-order valence-corrected chi connectivity index (χ4v) is 3.64. The van der Waals surface area contributed by atoms with Crippen LogP contribution in [0.5, 0.6) is 0 Å². The number of nitrogens with zero attached hydrogens (tertiary/aromatic N) is 4. The zero-order valence-electron chi connectivity index (χ0n) is 12.7. The molecule has 3 aromatic rings. The van der Waals surface area contributed by atoms with Gasteiger partial charge in [0.05, 0.1) is 22.5 Å². The van der Waals surface area contributed by atoms with Gasteiger partial charge in [0.2, 0.25) is 5.91 Å². The van der Waals surface area contributed by atoms with Crippen LogP contribution in [0.15, 0.2) is 30.6 Å². The number of hydrogen-bond donors (Lipinski definition) is 2. The van der Waals surface area contributed by atoms with Crippen molar-refractivity contribution in [2.45, 2.75) is 6.42 Å². The molecule has 2 aromatic heterocycles. The maximum Gasteiger partial charge on any atom is 0.231 e. The van der Waals surface area contributed by atoms with E-state index in [1.807, 2.05) is 18.2 Å². The Morgan fingerprint density at radius 1 is 1.46 bits per heavy atom. The summed E-state index contributed by atoms with van der Waals surface area (Å²) in [5.74, 6) is -0.226. The van der Waals surface area contributed by atoms with Crippen LogP contribution in [0.3, 0.4) is 0 Å². The number of carbonyl (C=O) groups is 1. The minimum absolute atomic E-state index is 0.0716. The molecular formula is C16H14N6OS. The van der Waals surface area contributed by atoms with Gasteiger partial charge < -0.3 is 10.2 Å². The second-order valence-electron chi connectivity index (χ2n) is 5.72. The highest BCUT2D eigenvalue weighted by Gasteiger charge is 2.28. The van der Waals surface area contributed by atoms with Gasteiger partial charge in [-0.25, -0.2) is 4.98 Å². The summed E-state index contributed by atoms with van der Waals surface area (Å²) in [4.78, 5) is 19.1. The number of likely N-dealkylation sites (tertiary alicyclic amines) is 1. The lowest BCUT2D eigenvalue weighted by molar-refractivity contribution is -0.119. The van der Waals surface area contributed by atoms with Crippen molar-refractivity contribution in [3.8, 4) is 16.6 Å². The number of aromatic nitrogens is 3. The van der Waals surface area contributed by atoms with Crippen LogP contribution >= 0.6 is 11.3 Å². The van der Waals surface area contributed by atoms with Crippen LogP contribution in [0.4, 0.5) is 5.13 Å². The van der Waals surface area contributed by atoms with Crippen LogP contribution < -0.4 is 5.32 Å². The van der Waals surface area contributed by atoms with Crippen LogP contribution in [-0.2, 0) is 4.79 Å². The van der Waals surface area contributed by atoms with Crippen LogP contribution in [0, 0.1) is 17.4 Å². The van der Waals surface area contributed by atoms with Crippen molar-refractivity contribution in [2.24, 2.45) is 5.92 Å². The molecule has 24 heavy (non-hydrogen) atoms. The summed E-state index contributed by atoms with van der Waals surface area (Å²) in [6.45, 7) is 1.12. The minimum atomic E-state index is -0.154. The van der Waals surface area contributed by atoms with Gasteiger partial charge in [0.15, 0.2) is 11.3 Å². The van der Waals surface area contributed by atoms with Crippen LogP contribution in [-0.4, -0.2) is 39.1 Å². The number of nitrogens with one attached hydrogen (secondary N) is 2. The Morgan fingerprint density at radius 2 is 2.38 bits per heavy atom. The van der Waals surface area contributed by atoms with Crippen LogP contribution in [0.25, 0.3) is 21.3 Å². The van der Waals surface area contributed by atoms with Gasteiger partial charge in [0, 0.05) is 24.7 Å². The van der Waals surface area contributed by atoms with Gasteiger partial charge >= 0.3 is 0 Å². The number of rotatable bonds is 3. The fourth-order valence-electron chi connectivity index (χ4n) is 2.83. The van der Waals surface area contributed by atoms with Gasteiger partial charge in [-0.3, -0.25) is 9.89 Å². The SMILES string of the molecule is N#CN1CC[C@H](C(=O)Nc2ncc(-c3ccc4cn[nH]c4c3)s2)C1. The summed E-state index contributed by atoms with van der Waals surface area (Å²) < 4.78 is 0. The lowest BCUT2D eigenvalue weighted by atomic mass is 10.1. The summed E-state index contributed by atoms with van der Waals surface area (Å²) >= 11 is 1.43. The minimum Gasteiger partial charge on any atom is -0.310 e. The average Bonchev–Trinajstić information content (AvgIpc) is 3.33. The molecule has 0 spiro atoms. The number of hydrogen-bond acceptors (Lipinski definition) is 6. The van der Waals surface area contributed by atoms with E-state index in [1.54, 1.807) is 17.3 Å². The van der Waals surface area contributed by atoms with Gasteiger partial charge in [0.1, 0.15) is 0 Å². The van der Waals surface area contributed by atoms with Gasteiger partial charge in [-0.15, -0.1) is 0 Å². The normalized spacial score (nSPS) is 17.1. The van der Waals surface area contributed by atoms with Gasteiger partial charge in [-0.05, 0) is 18.1 Å². The molecule has 1 fully saturated rings. The zero-order chi connectivity index (χ0) is 16.5. The molecule has 2 N–H and O–H groups in total. The molecule has 1 aliphatic rings. The first-order valence-electron chi connectivity index (χ1n) is 7.58. The van der Waals surface area contributed by atoms with Crippen molar-refractivity contribution in [2.75, 3.05) is 18.4 Å². The predicted molar refractivity (Wildman–Crippen MR) is 91.1 cm³/mol.